The van der Waals surface area contributed by atoms with Gasteiger partial charge >= 0.3 is 0 Å². The second-order valence-electron chi connectivity index (χ2n) is 5.98. The van der Waals surface area contributed by atoms with E-state index in [2.05, 4.69) is 20.4 Å². The first kappa shape index (κ1) is 17.8. The Bertz CT molecular complexity index is 1060. The minimum atomic E-state index is 0.231. The Morgan fingerprint density at radius 1 is 1.14 bits per heavy atom. The van der Waals surface area contributed by atoms with Crippen LogP contribution in [0.4, 0.5) is 11.8 Å². The first-order chi connectivity index (χ1) is 13.7. The molecule has 3 aromatic heterocycles. The van der Waals surface area contributed by atoms with E-state index in [9.17, 15) is 0 Å². The van der Waals surface area contributed by atoms with Crippen LogP contribution in [0.3, 0.4) is 0 Å². The van der Waals surface area contributed by atoms with Gasteiger partial charge in [-0.15, -0.1) is 5.10 Å². The highest BCUT2D eigenvalue weighted by molar-refractivity contribution is 5.59. The molecule has 0 atom stereocenters. The maximum atomic E-state index is 6.04. The molecule has 0 aliphatic carbocycles. The SMILES string of the molecule is COCCOc1ccccc1CNc1cc2nc(-c3ccco3)nn2c(N)n1. The van der Waals surface area contributed by atoms with Crippen molar-refractivity contribution in [3.63, 3.8) is 0 Å². The van der Waals surface area contributed by atoms with Crippen LogP contribution in [-0.2, 0) is 11.3 Å². The second kappa shape index (κ2) is 7.97. The predicted octanol–water partition coefficient (Wildman–Crippen LogP) is 2.60. The summed E-state index contributed by atoms with van der Waals surface area (Å²) in [5.41, 5.74) is 7.62. The Balaban J connectivity index is 1.53. The van der Waals surface area contributed by atoms with Gasteiger partial charge in [0.05, 0.1) is 12.9 Å². The summed E-state index contributed by atoms with van der Waals surface area (Å²) >= 11 is 0. The molecule has 3 heterocycles. The first-order valence-corrected chi connectivity index (χ1v) is 8.75. The van der Waals surface area contributed by atoms with Crippen molar-refractivity contribution in [1.29, 1.82) is 0 Å². The maximum Gasteiger partial charge on any atom is 0.225 e. The van der Waals surface area contributed by atoms with Crippen LogP contribution >= 0.6 is 0 Å². The quantitative estimate of drug-likeness (QED) is 0.449. The van der Waals surface area contributed by atoms with Crippen LogP contribution in [0.5, 0.6) is 5.75 Å². The number of nitrogens with zero attached hydrogens (tertiary/aromatic N) is 4. The van der Waals surface area contributed by atoms with Crippen LogP contribution in [0.1, 0.15) is 5.56 Å². The molecule has 0 unspecified atom stereocenters. The number of nitrogens with one attached hydrogen (secondary N) is 1. The van der Waals surface area contributed by atoms with Gasteiger partial charge in [-0.05, 0) is 18.2 Å². The summed E-state index contributed by atoms with van der Waals surface area (Å²) in [4.78, 5) is 8.81. The van der Waals surface area contributed by atoms with Gasteiger partial charge in [0.25, 0.3) is 0 Å². The van der Waals surface area contributed by atoms with E-state index in [-0.39, 0.29) is 5.95 Å². The number of benzene rings is 1. The number of rotatable bonds is 8. The minimum absolute atomic E-state index is 0.231. The van der Waals surface area contributed by atoms with Crippen LogP contribution in [0.15, 0.2) is 53.1 Å². The third kappa shape index (κ3) is 3.74. The van der Waals surface area contributed by atoms with E-state index < -0.39 is 0 Å². The first-order valence-electron chi connectivity index (χ1n) is 8.75. The highest BCUT2D eigenvalue weighted by Gasteiger charge is 2.13. The smallest absolute Gasteiger partial charge is 0.225 e. The number of fused-ring (bicyclic) bond motifs is 1. The summed E-state index contributed by atoms with van der Waals surface area (Å²) in [6.07, 6.45) is 1.57. The summed E-state index contributed by atoms with van der Waals surface area (Å²) in [7, 11) is 1.64. The van der Waals surface area contributed by atoms with Gasteiger partial charge in [-0.2, -0.15) is 9.50 Å². The van der Waals surface area contributed by atoms with Crippen molar-refractivity contribution < 1.29 is 13.9 Å². The molecule has 0 saturated carbocycles. The third-order valence-electron chi connectivity index (χ3n) is 4.07. The third-order valence-corrected chi connectivity index (χ3v) is 4.07. The summed E-state index contributed by atoms with van der Waals surface area (Å²) in [6.45, 7) is 1.53. The van der Waals surface area contributed by atoms with Crippen LogP contribution < -0.4 is 15.8 Å². The van der Waals surface area contributed by atoms with Gasteiger partial charge in [0.2, 0.25) is 11.8 Å². The Labute approximate surface area is 161 Å². The standard InChI is InChI=1S/C19H20N6O3/c1-26-9-10-28-14-6-3-2-5-13(14)12-21-16-11-17-23-18(15-7-4-8-27-15)24-25(17)19(20)22-16/h2-8,11,21H,9-10,12H2,1H3,(H2,20,22). The molecule has 9 nitrogen and oxygen atoms in total. The molecule has 0 aliphatic rings. The molecule has 0 fully saturated rings. The van der Waals surface area contributed by atoms with Crippen LogP contribution in [-0.4, -0.2) is 39.9 Å². The lowest BCUT2D eigenvalue weighted by atomic mass is 10.2. The molecule has 0 amide bonds. The predicted molar refractivity (Wildman–Crippen MR) is 104 cm³/mol. The molecule has 0 radical (unpaired) electrons. The fourth-order valence-electron chi connectivity index (χ4n) is 2.72. The molecule has 28 heavy (non-hydrogen) atoms. The normalized spacial score (nSPS) is 11.0. The van der Waals surface area contributed by atoms with Gasteiger partial charge in [-0.1, -0.05) is 18.2 Å². The molecule has 4 rings (SSSR count). The molecule has 0 bridgehead atoms. The van der Waals surface area contributed by atoms with Crippen molar-refractivity contribution in [3.8, 4) is 17.3 Å². The monoisotopic (exact) mass is 380 g/mol. The zero-order chi connectivity index (χ0) is 19.3. The summed E-state index contributed by atoms with van der Waals surface area (Å²) in [5, 5.41) is 7.60. The Hall–Kier alpha value is -3.59. The van der Waals surface area contributed by atoms with Gasteiger partial charge in [0.1, 0.15) is 18.2 Å². The van der Waals surface area contributed by atoms with Crippen molar-refractivity contribution in [2.75, 3.05) is 31.4 Å². The van der Waals surface area contributed by atoms with E-state index in [1.165, 1.54) is 4.52 Å². The zero-order valence-corrected chi connectivity index (χ0v) is 15.3. The second-order valence-corrected chi connectivity index (χ2v) is 5.98. The van der Waals surface area contributed by atoms with Gasteiger partial charge < -0.3 is 24.9 Å². The lowest BCUT2D eigenvalue weighted by Gasteiger charge is -2.12. The molecular weight excluding hydrogens is 360 g/mol. The van der Waals surface area contributed by atoms with Gasteiger partial charge in [0, 0.05) is 25.3 Å². The molecule has 3 N–H and O–H groups in total. The van der Waals surface area contributed by atoms with Crippen LogP contribution in [0.2, 0.25) is 0 Å². The number of nitrogen functional groups attached to an aromatic ring is 1. The molecule has 4 aromatic rings. The number of ether oxygens (including phenoxy) is 2. The lowest BCUT2D eigenvalue weighted by Crippen LogP contribution is -2.09. The highest BCUT2D eigenvalue weighted by atomic mass is 16.5. The van der Waals surface area contributed by atoms with Crippen molar-refractivity contribution in [3.05, 3.63) is 54.3 Å². The Morgan fingerprint density at radius 3 is 2.86 bits per heavy atom. The average Bonchev–Trinajstić information content (AvgIpc) is 3.37. The topological polar surface area (TPSA) is 113 Å². The minimum Gasteiger partial charge on any atom is -0.491 e. The fourth-order valence-corrected chi connectivity index (χ4v) is 2.72. The highest BCUT2D eigenvalue weighted by Crippen LogP contribution is 2.22. The van der Waals surface area contributed by atoms with Crippen molar-refractivity contribution in [2.24, 2.45) is 0 Å². The maximum absolute atomic E-state index is 6.04. The Morgan fingerprint density at radius 2 is 2.04 bits per heavy atom. The summed E-state index contributed by atoms with van der Waals surface area (Å²) < 4.78 is 17.6. The molecule has 144 valence electrons. The molecular formula is C19H20N6O3. The van der Waals surface area contributed by atoms with Crippen molar-refractivity contribution in [1.82, 2.24) is 19.6 Å². The number of aromatic nitrogens is 4. The van der Waals surface area contributed by atoms with Crippen molar-refractivity contribution in [2.45, 2.75) is 6.54 Å². The van der Waals surface area contributed by atoms with Gasteiger partial charge in [0.15, 0.2) is 11.4 Å². The van der Waals surface area contributed by atoms with E-state index >= 15 is 0 Å². The zero-order valence-electron chi connectivity index (χ0n) is 15.3. The Kier molecular flexibility index (Phi) is 5.07. The lowest BCUT2D eigenvalue weighted by molar-refractivity contribution is 0.146. The van der Waals surface area contributed by atoms with Crippen molar-refractivity contribution >= 4 is 17.4 Å². The summed E-state index contributed by atoms with van der Waals surface area (Å²) in [6, 6.07) is 13.2. The molecule has 0 spiro atoms. The van der Waals surface area contributed by atoms with E-state index in [4.69, 9.17) is 19.6 Å². The molecule has 9 heteroatoms. The molecule has 0 aliphatic heterocycles. The fraction of sp³-hybridized carbons (Fsp3) is 0.211. The van der Waals surface area contributed by atoms with E-state index in [0.717, 1.165) is 11.3 Å². The summed E-state index contributed by atoms with van der Waals surface area (Å²) in [5.74, 6) is 2.64. The number of methoxy groups -OCH3 is 1. The number of nitrogens with two attached hydrogens (primary N) is 1. The average molecular weight is 380 g/mol. The number of hydrogen-bond donors (Lipinski definition) is 2. The van der Waals surface area contributed by atoms with E-state index in [0.29, 0.717) is 42.8 Å². The number of anilines is 2. The van der Waals surface area contributed by atoms with Crippen LogP contribution in [0.25, 0.3) is 17.2 Å². The number of hydrogen-bond acceptors (Lipinski definition) is 8. The molecule has 1 aromatic carbocycles. The van der Waals surface area contributed by atoms with E-state index in [1.54, 1.807) is 31.6 Å². The number of para-hydroxylation sites is 1. The van der Waals surface area contributed by atoms with Gasteiger partial charge in [-0.3, -0.25) is 0 Å². The van der Waals surface area contributed by atoms with Crippen LogP contribution in [0, 0.1) is 0 Å². The van der Waals surface area contributed by atoms with E-state index in [1.807, 2.05) is 24.3 Å². The van der Waals surface area contributed by atoms with Gasteiger partial charge in [-0.25, -0.2) is 4.98 Å². The largest absolute Gasteiger partial charge is 0.491 e. The number of furan rings is 1. The molecule has 0 saturated heterocycles.